The van der Waals surface area contributed by atoms with Gasteiger partial charge in [-0.1, -0.05) is 236 Å². The Kier molecular flexibility index (Phi) is 39.7. The number of aromatic hydroxyl groups is 2. The lowest BCUT2D eigenvalue weighted by Crippen LogP contribution is -2.36. The molecule has 0 saturated carbocycles. The van der Waals surface area contributed by atoms with Crippen LogP contribution in [0.15, 0.2) is 103 Å². The molecule has 0 bridgehead atoms. The Morgan fingerprint density at radius 1 is 0.446 bits per heavy atom. The van der Waals surface area contributed by atoms with Crippen LogP contribution < -0.4 is 11.1 Å². The van der Waals surface area contributed by atoms with Gasteiger partial charge in [0.1, 0.15) is 29.7 Å². The summed E-state index contributed by atoms with van der Waals surface area (Å²) in [6, 6.07) is 16.7. The minimum Gasteiger partial charge on any atom is -0.494 e. The maximum Gasteiger partial charge on any atom is 0.340 e. The first-order valence-corrected chi connectivity index (χ1v) is 35.4. The molecule has 92 heavy (non-hydrogen) atoms. The fraction of sp³-hybridized carbons (Fsp3) is 0.605. The van der Waals surface area contributed by atoms with Crippen LogP contribution in [0.25, 0.3) is 0 Å². The zero-order valence-corrected chi connectivity index (χ0v) is 56.7. The van der Waals surface area contributed by atoms with Crippen molar-refractivity contribution in [2.45, 2.75) is 285 Å². The fourth-order valence-corrected chi connectivity index (χ4v) is 11.5. The monoisotopic (exact) mass is 1260 g/mol. The Bertz CT molecular complexity index is 2950. The van der Waals surface area contributed by atoms with Crippen LogP contribution >= 0.6 is 0 Å². The van der Waals surface area contributed by atoms with Crippen molar-refractivity contribution in [1.29, 1.82) is 10.5 Å². The predicted octanol–water partition coefficient (Wildman–Crippen LogP) is 22.0. The number of carbonyl (C=O) groups excluding carboxylic acids is 2. The van der Waals surface area contributed by atoms with Gasteiger partial charge in [-0.05, 0) is 115 Å². The summed E-state index contributed by atoms with van der Waals surface area (Å²) in [6.45, 7) is 9.92. The topological polar surface area (TPSA) is 234 Å². The molecule has 2 aromatic carbocycles. The van der Waals surface area contributed by atoms with E-state index in [9.17, 15) is 30.3 Å². The minimum absolute atomic E-state index is 0.0119. The Labute approximate surface area is 550 Å². The summed E-state index contributed by atoms with van der Waals surface area (Å²) in [6.07, 6.45) is 48.7. The van der Waals surface area contributed by atoms with Crippen molar-refractivity contribution in [1.82, 2.24) is 9.13 Å². The Balaban J connectivity index is 1.53. The molecule has 0 saturated heterocycles. The lowest BCUT2D eigenvalue weighted by atomic mass is 10.0. The quantitative estimate of drug-likeness (QED) is 0.0184. The van der Waals surface area contributed by atoms with E-state index in [2.05, 4.69) is 65.5 Å². The molecular formula is C76H110N8O8. The van der Waals surface area contributed by atoms with E-state index in [1.165, 1.54) is 122 Å². The van der Waals surface area contributed by atoms with E-state index in [4.69, 9.17) is 9.47 Å². The number of unbranched alkanes of at least 4 members (excludes halogenated alkanes) is 32. The van der Waals surface area contributed by atoms with Crippen molar-refractivity contribution in [3.8, 4) is 23.9 Å². The van der Waals surface area contributed by atoms with Gasteiger partial charge in [-0.15, -0.1) is 20.5 Å². The van der Waals surface area contributed by atoms with E-state index in [-0.39, 0.29) is 64.4 Å². The van der Waals surface area contributed by atoms with Crippen molar-refractivity contribution in [3.63, 3.8) is 0 Å². The van der Waals surface area contributed by atoms with E-state index in [0.717, 1.165) is 138 Å². The van der Waals surface area contributed by atoms with E-state index >= 15 is 9.59 Å². The lowest BCUT2D eigenvalue weighted by molar-refractivity contribution is 0.0489. The highest BCUT2D eigenvalue weighted by Gasteiger charge is 2.31. The van der Waals surface area contributed by atoms with Gasteiger partial charge in [0.05, 0.1) is 35.5 Å². The molecule has 0 aliphatic rings. The number of esters is 2. The summed E-state index contributed by atoms with van der Waals surface area (Å²) in [5.74, 6) is -2.59. The Morgan fingerprint density at radius 2 is 0.739 bits per heavy atom. The first-order chi connectivity index (χ1) is 45.0. The maximum absolute atomic E-state index is 15.0. The number of aromatic nitrogens is 2. The second-order valence-electron chi connectivity index (χ2n) is 24.6. The van der Waals surface area contributed by atoms with Crippen molar-refractivity contribution in [3.05, 3.63) is 127 Å². The second-order valence-corrected chi connectivity index (χ2v) is 24.6. The van der Waals surface area contributed by atoms with Gasteiger partial charge >= 0.3 is 11.9 Å². The predicted molar refractivity (Wildman–Crippen MR) is 371 cm³/mol. The van der Waals surface area contributed by atoms with Crippen LogP contribution in [-0.4, -0.2) is 44.5 Å². The zero-order chi connectivity index (χ0) is 66.4. The third-order valence-corrected chi connectivity index (χ3v) is 17.1. The van der Waals surface area contributed by atoms with Gasteiger partial charge in [0.25, 0.3) is 11.1 Å². The molecule has 0 aliphatic carbocycles. The van der Waals surface area contributed by atoms with Gasteiger partial charge in [-0.2, -0.15) is 10.5 Å². The third-order valence-electron chi connectivity index (χ3n) is 17.1. The van der Waals surface area contributed by atoms with Crippen molar-refractivity contribution < 1.29 is 29.3 Å². The van der Waals surface area contributed by atoms with Gasteiger partial charge in [-0.25, -0.2) is 9.59 Å². The van der Waals surface area contributed by atoms with Crippen LogP contribution in [0.5, 0.6) is 11.8 Å². The number of carbonyl (C=O) groups is 2. The summed E-state index contributed by atoms with van der Waals surface area (Å²) >= 11 is 0. The standard InChI is InChI=1S/C76H110N8O8/c1-6-9-12-15-18-21-23-25-27-29-31-33-36-39-42-49-56-91-75(89)62-51-45-47-53-66(62)79-81-69-64(58-77)60(4)71(85)83(73(69)87)68(55-44-41-38-35-20-17-14-11-8-3)84-72(86)61(5)65(59-78)70(74(84)88)82-80-67-54-48-46-52-63(67)76(90)92-57-50-43-40-37-34-32-30-28-26-24-22-19-16-13-10-7-2/h25-28,45-48,51-54,68,85-86H,6-24,29-44,49-50,55-57H2,1-5H3. The Hall–Kier alpha value is -7.46. The average molecular weight is 1260 g/mol. The minimum atomic E-state index is -1.46. The van der Waals surface area contributed by atoms with Gasteiger partial charge in [0, 0.05) is 11.1 Å². The van der Waals surface area contributed by atoms with Crippen LogP contribution in [0.3, 0.4) is 0 Å². The highest BCUT2D eigenvalue weighted by atomic mass is 16.5. The fourth-order valence-electron chi connectivity index (χ4n) is 11.5. The molecule has 16 nitrogen and oxygen atoms in total. The molecule has 2 heterocycles. The first-order valence-electron chi connectivity index (χ1n) is 35.4. The summed E-state index contributed by atoms with van der Waals surface area (Å²) in [5.41, 5.74) is -3.39. The number of allylic oxidation sites excluding steroid dienone is 4. The molecule has 0 fully saturated rings. The molecule has 0 atom stereocenters. The van der Waals surface area contributed by atoms with E-state index in [1.54, 1.807) is 24.3 Å². The van der Waals surface area contributed by atoms with Crippen LogP contribution in [0.1, 0.15) is 314 Å². The smallest absolute Gasteiger partial charge is 0.340 e. The number of ether oxygens (including phenoxy) is 2. The molecule has 4 rings (SSSR count). The van der Waals surface area contributed by atoms with Gasteiger partial charge < -0.3 is 19.7 Å². The number of rotatable bonds is 50. The number of hydrogen-bond acceptors (Lipinski definition) is 14. The lowest BCUT2D eigenvalue weighted by Gasteiger charge is -2.27. The largest absolute Gasteiger partial charge is 0.494 e. The third kappa shape index (κ3) is 27.4. The number of benzene rings is 2. The summed E-state index contributed by atoms with van der Waals surface area (Å²) in [4.78, 5) is 57.2. The molecule has 16 heteroatoms. The normalized spacial score (nSPS) is 12.0. The van der Waals surface area contributed by atoms with Crippen LogP contribution in [-0.2, 0) is 9.47 Å². The molecular weight excluding hydrogens is 1150 g/mol. The second kappa shape index (κ2) is 47.4. The summed E-state index contributed by atoms with van der Waals surface area (Å²) in [5, 5.41) is 62.3. The molecule has 502 valence electrons. The average Bonchev–Trinajstić information content (AvgIpc) is 0.752. The molecule has 2 N–H and O–H groups in total. The van der Waals surface area contributed by atoms with Gasteiger partial charge in [0.2, 0.25) is 0 Å². The highest BCUT2D eigenvalue weighted by molar-refractivity contribution is 5.95. The molecule has 0 unspecified atom stereocenters. The van der Waals surface area contributed by atoms with Crippen molar-refractivity contribution in [2.24, 2.45) is 20.5 Å². The zero-order valence-electron chi connectivity index (χ0n) is 56.7. The van der Waals surface area contributed by atoms with Gasteiger partial charge in [-0.3, -0.25) is 18.7 Å². The highest BCUT2D eigenvalue weighted by Crippen LogP contribution is 2.36. The van der Waals surface area contributed by atoms with E-state index < -0.39 is 52.4 Å². The number of azo groups is 2. The van der Waals surface area contributed by atoms with Crippen LogP contribution in [0.2, 0.25) is 0 Å². The Morgan fingerprint density at radius 3 is 1.07 bits per heavy atom. The molecule has 0 spiro atoms. The molecule has 0 amide bonds. The van der Waals surface area contributed by atoms with Crippen LogP contribution in [0.4, 0.5) is 22.7 Å². The number of pyridine rings is 2. The van der Waals surface area contributed by atoms with Crippen LogP contribution in [0, 0.1) is 36.5 Å². The number of hydrogen-bond donors (Lipinski definition) is 2. The molecule has 2 aromatic heterocycles. The number of nitrogens with zero attached hydrogens (tertiary/aromatic N) is 8. The number of nitriles is 2. The van der Waals surface area contributed by atoms with Crippen molar-refractivity contribution >= 4 is 34.7 Å². The maximum atomic E-state index is 15.0. The molecule has 0 radical (unpaired) electrons. The SMILES string of the molecule is CCCCCCCCC=CCCCCCCCCOC(=O)c1ccccc1N=Nc1c(C#N)c(C)c(O)n(C(CCCCCCCCCCC)n2c(O)c(C)c(C#N)c(N=Nc3ccccc3C(=O)OCCCCCCCCC=CCCCCCCCC)c2=O)c1=O. The molecule has 4 aromatic rings. The summed E-state index contributed by atoms with van der Waals surface area (Å²) in [7, 11) is 0. The van der Waals surface area contributed by atoms with E-state index in [0.29, 0.717) is 25.7 Å². The van der Waals surface area contributed by atoms with Gasteiger partial charge in [0.15, 0.2) is 23.1 Å². The van der Waals surface area contributed by atoms with Crippen molar-refractivity contribution in [2.75, 3.05) is 13.2 Å². The first kappa shape index (κ1) is 77.0. The van der Waals surface area contributed by atoms with E-state index in [1.807, 2.05) is 12.1 Å². The summed E-state index contributed by atoms with van der Waals surface area (Å²) < 4.78 is 13.2. The molecule has 0 aliphatic heterocycles.